The molecule has 0 unspecified atom stereocenters. The molecule has 2 saturated heterocycles. The maximum absolute atomic E-state index is 13.8. The maximum Gasteiger partial charge on any atom is 0.368 e. The lowest BCUT2D eigenvalue weighted by molar-refractivity contribution is 0.0707. The highest BCUT2D eigenvalue weighted by molar-refractivity contribution is 8.15. The van der Waals surface area contributed by atoms with Gasteiger partial charge in [0.2, 0.25) is 0 Å². The largest absolute Gasteiger partial charge is 0.379 e. The molecule has 0 aliphatic carbocycles. The monoisotopic (exact) mass is 286 g/mol. The molecule has 0 saturated carbocycles. The molecule has 0 aromatic heterocycles. The molecule has 0 amide bonds. The van der Waals surface area contributed by atoms with Crippen LogP contribution in [-0.2, 0) is 9.47 Å². The van der Waals surface area contributed by atoms with Gasteiger partial charge in [-0.25, -0.2) is 8.61 Å². The Balaban J connectivity index is 1.75. The molecule has 17 heavy (non-hydrogen) atoms. The average Bonchev–Trinajstić information content (AvgIpc) is 2.30. The first-order chi connectivity index (χ1) is 8.16. The molecular formula is C9H16F2N2O2S2. The number of hydrogen-bond donors (Lipinski definition) is 0. The van der Waals surface area contributed by atoms with Gasteiger partial charge in [-0.15, -0.1) is 0 Å². The van der Waals surface area contributed by atoms with Crippen molar-refractivity contribution in [1.29, 1.82) is 0 Å². The van der Waals surface area contributed by atoms with Crippen LogP contribution < -0.4 is 0 Å². The third-order valence-electron chi connectivity index (χ3n) is 2.41. The van der Waals surface area contributed by atoms with E-state index >= 15 is 0 Å². The van der Waals surface area contributed by atoms with Gasteiger partial charge < -0.3 is 9.47 Å². The Hall–Kier alpha value is 0.400. The van der Waals surface area contributed by atoms with E-state index in [-0.39, 0.29) is 0 Å². The van der Waals surface area contributed by atoms with Crippen LogP contribution in [0.25, 0.3) is 0 Å². The van der Waals surface area contributed by atoms with Gasteiger partial charge in [0, 0.05) is 50.1 Å². The standard InChI is InChI=1S/C9H16F2N2O2S2/c10-9(11,16-12-1-5-14-6-2-12)17-13-3-7-15-8-4-13/h1-8H2. The highest BCUT2D eigenvalue weighted by Gasteiger charge is 2.37. The van der Waals surface area contributed by atoms with E-state index < -0.39 is 4.59 Å². The van der Waals surface area contributed by atoms with Gasteiger partial charge in [0.05, 0.1) is 26.4 Å². The van der Waals surface area contributed by atoms with Crippen LogP contribution in [-0.4, -0.2) is 65.8 Å². The third-order valence-corrected chi connectivity index (χ3v) is 4.53. The predicted molar refractivity (Wildman–Crippen MR) is 64.9 cm³/mol. The van der Waals surface area contributed by atoms with Crippen molar-refractivity contribution in [3.63, 3.8) is 0 Å². The Bertz CT molecular complexity index is 215. The summed E-state index contributed by atoms with van der Waals surface area (Å²) >= 11 is 1.23. The minimum Gasteiger partial charge on any atom is -0.379 e. The molecule has 8 heteroatoms. The third kappa shape index (κ3) is 4.88. The molecule has 0 radical (unpaired) electrons. The molecular weight excluding hydrogens is 270 g/mol. The molecule has 2 rings (SSSR count). The molecule has 0 atom stereocenters. The lowest BCUT2D eigenvalue weighted by Crippen LogP contribution is -2.37. The summed E-state index contributed by atoms with van der Waals surface area (Å²) in [7, 11) is 0. The lowest BCUT2D eigenvalue weighted by atomic mass is 10.5. The van der Waals surface area contributed by atoms with E-state index in [0.717, 1.165) is 0 Å². The Morgan fingerprint density at radius 1 is 0.765 bits per heavy atom. The first kappa shape index (κ1) is 13.8. The number of morpholine rings is 2. The van der Waals surface area contributed by atoms with Gasteiger partial charge in [0.25, 0.3) is 0 Å². The first-order valence-corrected chi connectivity index (χ1v) is 7.12. The minimum absolute atomic E-state index is 0.533. The van der Waals surface area contributed by atoms with E-state index in [1.165, 1.54) is 0 Å². The normalized spacial score (nSPS) is 25.1. The van der Waals surface area contributed by atoms with E-state index in [4.69, 9.17) is 9.47 Å². The summed E-state index contributed by atoms with van der Waals surface area (Å²) < 4.78 is 38.3. The Labute approximate surface area is 108 Å². The number of rotatable bonds is 4. The fourth-order valence-electron chi connectivity index (χ4n) is 1.59. The summed E-state index contributed by atoms with van der Waals surface area (Å²) in [5.74, 6) is 0. The van der Waals surface area contributed by atoms with Gasteiger partial charge in [0.15, 0.2) is 0 Å². The van der Waals surface area contributed by atoms with Gasteiger partial charge >= 0.3 is 4.59 Å². The van der Waals surface area contributed by atoms with Crippen molar-refractivity contribution in [3.05, 3.63) is 0 Å². The molecule has 0 spiro atoms. The van der Waals surface area contributed by atoms with Crippen molar-refractivity contribution >= 4 is 23.9 Å². The zero-order chi connectivity index (χ0) is 12.1. The number of hydrogen-bond acceptors (Lipinski definition) is 6. The molecule has 2 aliphatic rings. The van der Waals surface area contributed by atoms with E-state index in [2.05, 4.69) is 0 Å². The Kier molecular flexibility index (Phi) is 5.31. The molecule has 100 valence electrons. The van der Waals surface area contributed by atoms with Gasteiger partial charge in [-0.2, -0.15) is 8.78 Å². The molecule has 2 aliphatic heterocycles. The summed E-state index contributed by atoms with van der Waals surface area (Å²) in [6.45, 7) is 4.37. The van der Waals surface area contributed by atoms with Crippen LogP contribution in [0.1, 0.15) is 0 Å². The van der Waals surface area contributed by atoms with Crippen molar-refractivity contribution in [2.24, 2.45) is 0 Å². The molecule has 4 nitrogen and oxygen atoms in total. The second kappa shape index (κ2) is 6.53. The first-order valence-electron chi connectivity index (χ1n) is 5.57. The fraction of sp³-hybridized carbons (Fsp3) is 1.00. The molecule has 0 bridgehead atoms. The second-order valence-electron chi connectivity index (χ2n) is 3.73. The second-order valence-corrected chi connectivity index (χ2v) is 6.41. The zero-order valence-electron chi connectivity index (χ0n) is 9.44. The van der Waals surface area contributed by atoms with Gasteiger partial charge in [-0.3, -0.25) is 0 Å². The van der Waals surface area contributed by atoms with Crippen LogP contribution >= 0.6 is 23.9 Å². The van der Waals surface area contributed by atoms with Gasteiger partial charge in [0.1, 0.15) is 0 Å². The predicted octanol–water partition coefficient (Wildman–Crippen LogP) is 1.50. The van der Waals surface area contributed by atoms with E-state index in [1.807, 2.05) is 0 Å². The fourth-order valence-corrected chi connectivity index (χ4v) is 3.62. The molecule has 0 N–H and O–H groups in total. The quantitative estimate of drug-likeness (QED) is 0.574. The SMILES string of the molecule is FC(F)(SN1CCOCC1)SN1CCOCC1. The van der Waals surface area contributed by atoms with Crippen LogP contribution in [0.3, 0.4) is 0 Å². The van der Waals surface area contributed by atoms with Crippen molar-refractivity contribution in [3.8, 4) is 0 Å². The van der Waals surface area contributed by atoms with Crippen LogP contribution in [0.5, 0.6) is 0 Å². The number of ether oxygens (including phenoxy) is 2. The molecule has 2 fully saturated rings. The Morgan fingerprint density at radius 3 is 1.47 bits per heavy atom. The lowest BCUT2D eigenvalue weighted by Gasteiger charge is -2.32. The topological polar surface area (TPSA) is 24.9 Å². The zero-order valence-corrected chi connectivity index (χ0v) is 11.1. The summed E-state index contributed by atoms with van der Waals surface area (Å²) in [5, 5.41) is 0. The molecule has 0 aromatic rings. The summed E-state index contributed by atoms with van der Waals surface area (Å²) in [5.41, 5.74) is 0. The number of alkyl halides is 2. The van der Waals surface area contributed by atoms with Crippen molar-refractivity contribution in [2.45, 2.75) is 4.59 Å². The number of halogens is 2. The van der Waals surface area contributed by atoms with Gasteiger partial charge in [-0.05, 0) is 0 Å². The van der Waals surface area contributed by atoms with Crippen LogP contribution in [0.4, 0.5) is 8.78 Å². The average molecular weight is 286 g/mol. The van der Waals surface area contributed by atoms with Crippen LogP contribution in [0.15, 0.2) is 0 Å². The summed E-state index contributed by atoms with van der Waals surface area (Å²) in [4.78, 5) is 0. The summed E-state index contributed by atoms with van der Waals surface area (Å²) in [6, 6.07) is 0. The highest BCUT2D eigenvalue weighted by Crippen LogP contribution is 2.44. The molecule has 2 heterocycles. The van der Waals surface area contributed by atoms with Crippen molar-refractivity contribution in [1.82, 2.24) is 8.61 Å². The van der Waals surface area contributed by atoms with E-state index in [1.54, 1.807) is 8.61 Å². The smallest absolute Gasteiger partial charge is 0.368 e. The van der Waals surface area contributed by atoms with E-state index in [0.29, 0.717) is 76.5 Å². The Morgan fingerprint density at radius 2 is 1.12 bits per heavy atom. The number of nitrogens with zero attached hydrogens (tertiary/aromatic N) is 2. The maximum atomic E-state index is 13.8. The van der Waals surface area contributed by atoms with Gasteiger partial charge in [-0.1, -0.05) is 0 Å². The highest BCUT2D eigenvalue weighted by atomic mass is 32.2. The van der Waals surface area contributed by atoms with Crippen LogP contribution in [0, 0.1) is 0 Å². The minimum atomic E-state index is -2.81. The van der Waals surface area contributed by atoms with E-state index in [9.17, 15) is 8.78 Å². The molecule has 0 aromatic carbocycles. The summed E-state index contributed by atoms with van der Waals surface area (Å²) in [6.07, 6.45) is 0. The van der Waals surface area contributed by atoms with Crippen molar-refractivity contribution in [2.75, 3.05) is 52.6 Å². The van der Waals surface area contributed by atoms with Crippen molar-refractivity contribution < 1.29 is 18.3 Å². The van der Waals surface area contributed by atoms with Crippen LogP contribution in [0.2, 0.25) is 0 Å².